The van der Waals surface area contributed by atoms with Crippen LogP contribution in [0.3, 0.4) is 0 Å². The molecule has 1 spiro atoms. The third-order valence-corrected chi connectivity index (χ3v) is 5.63. The summed E-state index contributed by atoms with van der Waals surface area (Å²) in [5, 5.41) is 4.19. The molecular formula is C17H25N5O2. The molecule has 1 saturated carbocycles. The van der Waals surface area contributed by atoms with E-state index in [-0.39, 0.29) is 23.9 Å². The summed E-state index contributed by atoms with van der Waals surface area (Å²) in [6, 6.07) is 0. The number of hydrogen-bond donors (Lipinski definition) is 0. The fourth-order valence-corrected chi connectivity index (χ4v) is 4.20. The van der Waals surface area contributed by atoms with Crippen LogP contribution >= 0.6 is 0 Å². The van der Waals surface area contributed by atoms with Crippen molar-refractivity contribution >= 4 is 17.5 Å². The van der Waals surface area contributed by atoms with Crippen molar-refractivity contribution in [2.45, 2.75) is 31.7 Å². The maximum Gasteiger partial charge on any atom is 0.246 e. The smallest absolute Gasteiger partial charge is 0.246 e. The maximum atomic E-state index is 12.6. The second kappa shape index (κ2) is 5.58. The zero-order chi connectivity index (χ0) is 16.9. The van der Waals surface area contributed by atoms with Crippen LogP contribution < -0.4 is 4.90 Å². The molecule has 3 fully saturated rings. The van der Waals surface area contributed by atoms with Crippen LogP contribution in [0.5, 0.6) is 0 Å². The molecule has 7 nitrogen and oxygen atoms in total. The Labute approximate surface area is 142 Å². The van der Waals surface area contributed by atoms with Gasteiger partial charge in [0.05, 0.1) is 24.0 Å². The standard InChI is InChI=1S/C17H25N5O2/c1-13(23)22-10-16(24)21(15-7-18-19(2)9-15)12-17(22)5-6-20(11-17)8-14-3-4-14/h7,9,14H,3-6,8,10-12H2,1-2H3/t17-/m1/s1. The van der Waals surface area contributed by atoms with Gasteiger partial charge in [-0.15, -0.1) is 0 Å². The molecule has 0 aromatic carbocycles. The van der Waals surface area contributed by atoms with E-state index in [4.69, 9.17) is 0 Å². The highest BCUT2D eigenvalue weighted by atomic mass is 16.2. The molecule has 2 aliphatic heterocycles. The normalized spacial score (nSPS) is 28.2. The van der Waals surface area contributed by atoms with E-state index >= 15 is 0 Å². The van der Waals surface area contributed by atoms with Gasteiger partial charge >= 0.3 is 0 Å². The summed E-state index contributed by atoms with van der Waals surface area (Å²) in [6.07, 6.45) is 7.20. The summed E-state index contributed by atoms with van der Waals surface area (Å²) in [6.45, 7) is 5.33. The first-order chi connectivity index (χ1) is 11.5. The topological polar surface area (TPSA) is 61.7 Å². The number of anilines is 1. The van der Waals surface area contributed by atoms with Crippen LogP contribution in [0, 0.1) is 5.92 Å². The van der Waals surface area contributed by atoms with Crippen LogP contribution in [-0.4, -0.2) is 69.7 Å². The molecule has 24 heavy (non-hydrogen) atoms. The fraction of sp³-hybridized carbons (Fsp3) is 0.706. The average molecular weight is 331 g/mol. The maximum absolute atomic E-state index is 12.6. The Morgan fingerprint density at radius 3 is 2.79 bits per heavy atom. The van der Waals surface area contributed by atoms with Crippen LogP contribution in [-0.2, 0) is 16.6 Å². The SMILES string of the molecule is CC(=O)N1CC(=O)N(c2cnn(C)c2)C[C@]12CCN(CC1CC1)C2. The van der Waals surface area contributed by atoms with Gasteiger partial charge in [0.1, 0.15) is 6.54 Å². The first kappa shape index (κ1) is 15.6. The number of amides is 2. The van der Waals surface area contributed by atoms with Crippen molar-refractivity contribution in [3.8, 4) is 0 Å². The second-order valence-electron chi connectivity index (χ2n) is 7.61. The fourth-order valence-electron chi connectivity index (χ4n) is 4.20. The molecule has 2 saturated heterocycles. The van der Waals surface area contributed by atoms with Gasteiger partial charge < -0.3 is 14.7 Å². The van der Waals surface area contributed by atoms with Crippen LogP contribution in [0.15, 0.2) is 12.4 Å². The molecule has 1 aliphatic carbocycles. The Balaban J connectivity index is 1.59. The Kier molecular flexibility index (Phi) is 3.63. The predicted molar refractivity (Wildman–Crippen MR) is 89.5 cm³/mol. The Morgan fingerprint density at radius 2 is 2.17 bits per heavy atom. The predicted octanol–water partition coefficient (Wildman–Crippen LogP) is 0.470. The minimum Gasteiger partial charge on any atom is -0.325 e. The number of hydrogen-bond acceptors (Lipinski definition) is 4. The van der Waals surface area contributed by atoms with Crippen molar-refractivity contribution < 1.29 is 9.59 Å². The number of piperazine rings is 1. The van der Waals surface area contributed by atoms with Gasteiger partial charge in [0, 0.05) is 39.8 Å². The van der Waals surface area contributed by atoms with Crippen molar-refractivity contribution in [3.63, 3.8) is 0 Å². The Hall–Kier alpha value is -1.89. The summed E-state index contributed by atoms with van der Waals surface area (Å²) in [7, 11) is 1.85. The Morgan fingerprint density at radius 1 is 1.38 bits per heavy atom. The molecule has 3 heterocycles. The van der Waals surface area contributed by atoms with Gasteiger partial charge in [-0.05, 0) is 25.2 Å². The van der Waals surface area contributed by atoms with E-state index < -0.39 is 0 Å². The molecule has 0 radical (unpaired) electrons. The van der Waals surface area contributed by atoms with Gasteiger partial charge in [-0.2, -0.15) is 5.10 Å². The van der Waals surface area contributed by atoms with E-state index in [2.05, 4.69) is 10.00 Å². The number of aromatic nitrogens is 2. The van der Waals surface area contributed by atoms with Gasteiger partial charge in [0.25, 0.3) is 0 Å². The second-order valence-corrected chi connectivity index (χ2v) is 7.61. The molecule has 0 N–H and O–H groups in total. The van der Waals surface area contributed by atoms with E-state index in [1.54, 1.807) is 17.8 Å². The molecule has 1 aromatic rings. The number of likely N-dealkylation sites (tertiary alicyclic amines) is 1. The first-order valence-electron chi connectivity index (χ1n) is 8.76. The van der Waals surface area contributed by atoms with Crippen molar-refractivity contribution in [3.05, 3.63) is 12.4 Å². The molecular weight excluding hydrogens is 306 g/mol. The average Bonchev–Trinajstić information content (AvgIpc) is 3.10. The lowest BCUT2D eigenvalue weighted by Gasteiger charge is -2.48. The number of aryl methyl sites for hydroxylation is 1. The molecule has 2 amide bonds. The summed E-state index contributed by atoms with van der Waals surface area (Å²) in [4.78, 5) is 30.9. The van der Waals surface area contributed by atoms with Crippen molar-refractivity contribution in [2.24, 2.45) is 13.0 Å². The van der Waals surface area contributed by atoms with Crippen molar-refractivity contribution in [1.82, 2.24) is 19.6 Å². The number of rotatable bonds is 3. The van der Waals surface area contributed by atoms with Gasteiger partial charge in [-0.3, -0.25) is 14.3 Å². The third kappa shape index (κ3) is 2.70. The molecule has 0 bridgehead atoms. The Bertz CT molecular complexity index is 668. The summed E-state index contributed by atoms with van der Waals surface area (Å²) < 4.78 is 1.71. The molecule has 130 valence electrons. The van der Waals surface area contributed by atoms with Crippen molar-refractivity contribution in [2.75, 3.05) is 37.6 Å². The number of nitrogens with zero attached hydrogens (tertiary/aromatic N) is 5. The first-order valence-corrected chi connectivity index (χ1v) is 8.76. The molecule has 1 atom stereocenters. The minimum atomic E-state index is -0.259. The lowest BCUT2D eigenvalue weighted by molar-refractivity contribution is -0.142. The summed E-state index contributed by atoms with van der Waals surface area (Å²) in [5.74, 6) is 0.817. The van der Waals surface area contributed by atoms with E-state index in [1.807, 2.05) is 23.0 Å². The zero-order valence-corrected chi connectivity index (χ0v) is 14.4. The van der Waals surface area contributed by atoms with Crippen LogP contribution in [0.4, 0.5) is 5.69 Å². The van der Waals surface area contributed by atoms with E-state index in [9.17, 15) is 9.59 Å². The van der Waals surface area contributed by atoms with Gasteiger partial charge in [-0.1, -0.05) is 0 Å². The summed E-state index contributed by atoms with van der Waals surface area (Å²) in [5.41, 5.74) is 0.565. The highest BCUT2D eigenvalue weighted by molar-refractivity contribution is 5.98. The molecule has 0 unspecified atom stereocenters. The van der Waals surface area contributed by atoms with Crippen molar-refractivity contribution in [1.29, 1.82) is 0 Å². The monoisotopic (exact) mass is 331 g/mol. The van der Waals surface area contributed by atoms with Gasteiger partial charge in [0.15, 0.2) is 0 Å². The minimum absolute atomic E-state index is 0.00228. The third-order valence-electron chi connectivity index (χ3n) is 5.63. The number of carbonyl (C=O) groups is 2. The molecule has 4 rings (SSSR count). The lowest BCUT2D eigenvalue weighted by Crippen LogP contribution is -2.66. The quantitative estimate of drug-likeness (QED) is 0.808. The highest BCUT2D eigenvalue weighted by Gasteiger charge is 2.50. The largest absolute Gasteiger partial charge is 0.325 e. The highest BCUT2D eigenvalue weighted by Crippen LogP contribution is 2.37. The molecule has 3 aliphatic rings. The van der Waals surface area contributed by atoms with E-state index in [1.165, 1.54) is 12.8 Å². The van der Waals surface area contributed by atoms with Crippen LogP contribution in [0.1, 0.15) is 26.2 Å². The van der Waals surface area contributed by atoms with Gasteiger partial charge in [-0.25, -0.2) is 0 Å². The van der Waals surface area contributed by atoms with Crippen LogP contribution in [0.2, 0.25) is 0 Å². The number of carbonyl (C=O) groups excluding carboxylic acids is 2. The summed E-state index contributed by atoms with van der Waals surface area (Å²) >= 11 is 0. The van der Waals surface area contributed by atoms with Gasteiger partial charge in [0.2, 0.25) is 11.8 Å². The van der Waals surface area contributed by atoms with E-state index in [0.29, 0.717) is 6.54 Å². The molecule has 1 aromatic heterocycles. The molecule has 7 heteroatoms. The van der Waals surface area contributed by atoms with Crippen LogP contribution in [0.25, 0.3) is 0 Å². The lowest BCUT2D eigenvalue weighted by atomic mass is 9.92. The van der Waals surface area contributed by atoms with E-state index in [0.717, 1.165) is 37.7 Å². The zero-order valence-electron chi connectivity index (χ0n) is 14.4.